The number of carbonyl (C=O) groups is 2. The average Bonchev–Trinajstić information content (AvgIpc) is 3.52. The number of likely N-dealkylation sites (N-methyl/N-ethyl adjacent to an activating group) is 2. The third-order valence-corrected chi connectivity index (χ3v) is 9.92. The van der Waals surface area contributed by atoms with Gasteiger partial charge in [-0.2, -0.15) is 0 Å². The van der Waals surface area contributed by atoms with Gasteiger partial charge in [0, 0.05) is 53.2 Å². The first-order valence-electron chi connectivity index (χ1n) is 13.9. The zero-order chi connectivity index (χ0) is 28.6. The molecule has 8 nitrogen and oxygen atoms in total. The summed E-state index contributed by atoms with van der Waals surface area (Å²) < 4.78 is 1.04. The molecule has 4 aromatic rings. The Kier molecular flexibility index (Phi) is 6.22. The molecule has 0 amide bonds. The largest absolute Gasteiger partial charge is 0.481 e. The van der Waals surface area contributed by atoms with Crippen molar-refractivity contribution in [2.75, 3.05) is 27.2 Å². The van der Waals surface area contributed by atoms with Gasteiger partial charge in [0.1, 0.15) is 0 Å². The average molecular weight is 616 g/mol. The van der Waals surface area contributed by atoms with Crippen LogP contribution in [0.25, 0.3) is 33.0 Å². The molecule has 2 aromatic heterocycles. The van der Waals surface area contributed by atoms with Crippen molar-refractivity contribution in [1.82, 2.24) is 19.8 Å². The first-order chi connectivity index (χ1) is 19.7. The van der Waals surface area contributed by atoms with Gasteiger partial charge in [0.15, 0.2) is 0 Å². The minimum Gasteiger partial charge on any atom is -0.481 e. The lowest BCUT2D eigenvalue weighted by Gasteiger charge is -2.38. The van der Waals surface area contributed by atoms with Crippen LogP contribution in [-0.4, -0.2) is 81.2 Å². The van der Waals surface area contributed by atoms with E-state index in [1.54, 1.807) is 0 Å². The lowest BCUT2D eigenvalue weighted by Crippen LogP contribution is -2.44. The molecular formula is C32H31BrN4O4. The molecule has 2 aliphatic carbocycles. The Morgan fingerprint density at radius 3 is 2.00 bits per heavy atom. The van der Waals surface area contributed by atoms with Crippen LogP contribution in [0.2, 0.25) is 0 Å². The van der Waals surface area contributed by atoms with Gasteiger partial charge in [0.25, 0.3) is 0 Å². The maximum Gasteiger partial charge on any atom is 0.311 e. The van der Waals surface area contributed by atoms with Crippen LogP contribution in [0.15, 0.2) is 59.4 Å². The molecular weight excluding hydrogens is 584 g/mol. The summed E-state index contributed by atoms with van der Waals surface area (Å²) in [6.45, 7) is 1.15. The smallest absolute Gasteiger partial charge is 0.311 e. The molecule has 0 saturated heterocycles. The molecule has 0 saturated carbocycles. The Balaban J connectivity index is 0.000000135. The maximum absolute atomic E-state index is 11.4. The van der Waals surface area contributed by atoms with E-state index in [2.05, 4.69) is 66.2 Å². The first-order valence-corrected chi connectivity index (χ1v) is 14.7. The summed E-state index contributed by atoms with van der Waals surface area (Å²) in [6, 6.07) is 13.0. The molecule has 0 unspecified atom stereocenters. The summed E-state index contributed by atoms with van der Waals surface area (Å²) >= 11 is 3.62. The Morgan fingerprint density at radius 2 is 1.39 bits per heavy atom. The van der Waals surface area contributed by atoms with E-state index in [0.29, 0.717) is 19.1 Å². The molecule has 0 spiro atoms. The van der Waals surface area contributed by atoms with Crippen molar-refractivity contribution in [2.24, 2.45) is 11.8 Å². The highest BCUT2D eigenvalue weighted by Gasteiger charge is 2.37. The van der Waals surface area contributed by atoms with Gasteiger partial charge in [-0.15, -0.1) is 0 Å². The summed E-state index contributed by atoms with van der Waals surface area (Å²) in [5.41, 5.74) is 9.54. The van der Waals surface area contributed by atoms with Gasteiger partial charge in [-0.05, 0) is 88.4 Å². The third kappa shape index (κ3) is 4.17. The van der Waals surface area contributed by atoms with Crippen LogP contribution < -0.4 is 0 Å². The van der Waals surface area contributed by atoms with E-state index in [-0.39, 0.29) is 6.04 Å². The number of halogens is 1. The van der Waals surface area contributed by atoms with Crippen molar-refractivity contribution in [3.8, 4) is 0 Å². The van der Waals surface area contributed by atoms with Gasteiger partial charge < -0.3 is 20.2 Å². The number of H-pyrrole nitrogens is 2. The number of hydrogen-bond acceptors (Lipinski definition) is 4. The highest BCUT2D eigenvalue weighted by molar-refractivity contribution is 9.10. The fourth-order valence-electron chi connectivity index (χ4n) is 7.26. The fourth-order valence-corrected chi connectivity index (χ4v) is 7.83. The Morgan fingerprint density at radius 1 is 0.829 bits per heavy atom. The van der Waals surface area contributed by atoms with E-state index in [0.717, 1.165) is 34.1 Å². The molecule has 4 atom stereocenters. The molecule has 0 fully saturated rings. The standard InChI is InChI=1S/C16H15BrN2O2.C16H16N2O2/c1-19-7-8(16(20)21)5-10-9-3-2-4-12-14(9)11(6-13(10)19)15(17)18-12;1-18-8-10(16(19)20)5-12-11-3-2-4-13-15(11)9(7-17-13)6-14(12)18/h2-5,8,13,18H,6-7H2,1H3,(H,20,21);2-5,7,10,14,17H,6,8H2,1H3,(H,19,20)/t8-,13-;10-,14-/m11/s1. The Bertz CT molecular complexity index is 1800. The quantitative estimate of drug-likeness (QED) is 0.253. The molecule has 4 aliphatic rings. The van der Waals surface area contributed by atoms with Crippen LogP contribution in [0.1, 0.15) is 22.3 Å². The SMILES string of the molecule is CN1C[C@H](C(=O)O)C=C2c3cccc4[nH]c(Br)c(c34)C[C@H]21.CN1C[C@H](C(=O)O)C=C2c3cccc4[nH]cc(c34)C[C@H]21. The fraction of sp³-hybridized carbons (Fsp3) is 0.312. The van der Waals surface area contributed by atoms with Gasteiger partial charge in [0.05, 0.1) is 16.4 Å². The zero-order valence-corrected chi connectivity index (χ0v) is 24.4. The van der Waals surface area contributed by atoms with Gasteiger partial charge in [-0.3, -0.25) is 19.4 Å². The summed E-state index contributed by atoms with van der Waals surface area (Å²) in [7, 11) is 4.03. The number of carboxylic acid groups (broad SMARTS) is 2. The maximum atomic E-state index is 11.4. The van der Waals surface area contributed by atoms with E-state index in [1.807, 2.05) is 38.4 Å². The van der Waals surface area contributed by atoms with E-state index >= 15 is 0 Å². The van der Waals surface area contributed by atoms with Crippen LogP contribution in [0, 0.1) is 11.8 Å². The van der Waals surface area contributed by atoms with E-state index in [4.69, 9.17) is 0 Å². The topological polar surface area (TPSA) is 113 Å². The number of aromatic nitrogens is 2. The normalized spacial score (nSPS) is 25.0. The number of carboxylic acids is 2. The second-order valence-electron chi connectivity index (χ2n) is 11.6. The number of nitrogens with zero attached hydrogens (tertiary/aromatic N) is 2. The Hall–Kier alpha value is -3.66. The predicted molar refractivity (Wildman–Crippen MR) is 163 cm³/mol. The van der Waals surface area contributed by atoms with Crippen molar-refractivity contribution in [1.29, 1.82) is 0 Å². The highest BCUT2D eigenvalue weighted by atomic mass is 79.9. The highest BCUT2D eigenvalue weighted by Crippen LogP contribution is 2.43. The monoisotopic (exact) mass is 614 g/mol. The molecule has 2 aliphatic heterocycles. The molecule has 9 heteroatoms. The molecule has 8 rings (SSSR count). The molecule has 0 bridgehead atoms. The minimum atomic E-state index is -0.749. The minimum absolute atomic E-state index is 0.255. The van der Waals surface area contributed by atoms with Gasteiger partial charge in [-0.1, -0.05) is 36.4 Å². The van der Waals surface area contributed by atoms with Crippen molar-refractivity contribution >= 4 is 60.8 Å². The number of aliphatic carboxylic acids is 2. The lowest BCUT2D eigenvalue weighted by molar-refractivity contribution is -0.141. The van der Waals surface area contributed by atoms with Crippen LogP contribution in [0.4, 0.5) is 0 Å². The molecule has 4 N–H and O–H groups in total. The van der Waals surface area contributed by atoms with Crippen LogP contribution in [-0.2, 0) is 22.4 Å². The molecule has 210 valence electrons. The second kappa shape index (κ2) is 9.72. The number of aromatic amines is 2. The number of nitrogens with one attached hydrogen (secondary N) is 2. The van der Waals surface area contributed by atoms with Crippen molar-refractivity contribution < 1.29 is 19.8 Å². The van der Waals surface area contributed by atoms with Crippen LogP contribution >= 0.6 is 15.9 Å². The van der Waals surface area contributed by atoms with Gasteiger partial charge in [0.2, 0.25) is 0 Å². The van der Waals surface area contributed by atoms with Gasteiger partial charge in [-0.25, -0.2) is 0 Å². The summed E-state index contributed by atoms with van der Waals surface area (Å²) in [4.78, 5) is 33.7. The second-order valence-corrected chi connectivity index (χ2v) is 12.4. The number of fused-ring (bicyclic) bond motifs is 4. The molecule has 2 aromatic carbocycles. The lowest BCUT2D eigenvalue weighted by atomic mass is 9.80. The van der Waals surface area contributed by atoms with E-state index in [9.17, 15) is 19.8 Å². The van der Waals surface area contributed by atoms with E-state index < -0.39 is 23.8 Å². The summed E-state index contributed by atoms with van der Waals surface area (Å²) in [5, 5.41) is 21.2. The van der Waals surface area contributed by atoms with Crippen LogP contribution in [0.3, 0.4) is 0 Å². The molecule has 0 radical (unpaired) electrons. The first kappa shape index (κ1) is 26.3. The van der Waals surface area contributed by atoms with Crippen molar-refractivity contribution in [3.05, 3.63) is 81.6 Å². The summed E-state index contributed by atoms with van der Waals surface area (Å²) in [5.74, 6) is -2.33. The zero-order valence-electron chi connectivity index (χ0n) is 22.8. The number of rotatable bonds is 2. The van der Waals surface area contributed by atoms with Crippen LogP contribution in [0.5, 0.6) is 0 Å². The number of benzene rings is 2. The Labute approximate surface area is 245 Å². The van der Waals surface area contributed by atoms with Gasteiger partial charge >= 0.3 is 11.9 Å². The summed E-state index contributed by atoms with van der Waals surface area (Å²) in [6.07, 6.45) is 7.85. The number of hydrogen-bond donors (Lipinski definition) is 4. The third-order valence-electron chi connectivity index (χ3n) is 9.24. The molecule has 41 heavy (non-hydrogen) atoms. The van der Waals surface area contributed by atoms with Crippen molar-refractivity contribution in [3.63, 3.8) is 0 Å². The van der Waals surface area contributed by atoms with E-state index in [1.165, 1.54) is 38.6 Å². The molecule has 4 heterocycles. The predicted octanol–water partition coefficient (Wildman–Crippen LogP) is 5.01. The van der Waals surface area contributed by atoms with Crippen molar-refractivity contribution in [2.45, 2.75) is 24.9 Å².